The highest BCUT2D eigenvalue weighted by Gasteiger charge is 2.29. The molecule has 0 aromatic carbocycles. The van der Waals surface area contributed by atoms with E-state index in [4.69, 9.17) is 23.2 Å². The quantitative estimate of drug-likeness (QED) is 0.446. The van der Waals surface area contributed by atoms with Crippen molar-refractivity contribution in [3.05, 3.63) is 15.9 Å². The Hall–Kier alpha value is 0.01000. The van der Waals surface area contributed by atoms with Crippen molar-refractivity contribution >= 4 is 35.0 Å². The third-order valence-corrected chi connectivity index (χ3v) is 3.12. The van der Waals surface area contributed by atoms with Crippen molar-refractivity contribution in [3.8, 4) is 0 Å². The zero-order valence-electron chi connectivity index (χ0n) is 7.05. The number of hydrogen-bond acceptors (Lipinski definition) is 3. The fraction of sp³-hybridized carbons (Fsp3) is 0.500. The van der Waals surface area contributed by atoms with Crippen LogP contribution < -0.4 is 0 Å². The van der Waals surface area contributed by atoms with Gasteiger partial charge in [0.2, 0.25) is 0 Å². The molecule has 1 heterocycles. The maximum atomic E-state index is 6.00. The molecule has 0 amide bonds. The first-order valence-corrected chi connectivity index (χ1v) is 5.97. The molecule has 13 heavy (non-hydrogen) atoms. The minimum atomic E-state index is 0.496. The number of halogens is 2. The average Bonchev–Trinajstić information content (AvgIpc) is 2.87. The molecule has 0 saturated heterocycles. The highest BCUT2D eigenvalue weighted by Crippen LogP contribution is 2.45. The maximum absolute atomic E-state index is 6.00. The molecule has 2 nitrogen and oxygen atoms in total. The highest BCUT2D eigenvalue weighted by molar-refractivity contribution is 7.98. The second-order valence-corrected chi connectivity index (χ2v) is 4.47. The summed E-state index contributed by atoms with van der Waals surface area (Å²) in [5, 5.41) is 1.68. The molecule has 1 aliphatic rings. The summed E-state index contributed by atoms with van der Waals surface area (Å²) >= 11 is 13.4. The van der Waals surface area contributed by atoms with Crippen LogP contribution in [0.1, 0.15) is 24.3 Å². The zero-order valence-corrected chi connectivity index (χ0v) is 9.38. The lowest BCUT2D eigenvalue weighted by molar-refractivity contribution is 0.924. The second kappa shape index (κ2) is 3.64. The van der Waals surface area contributed by atoms with Crippen molar-refractivity contribution in [2.45, 2.75) is 23.9 Å². The Morgan fingerprint density at radius 1 is 1.23 bits per heavy atom. The van der Waals surface area contributed by atoms with Gasteiger partial charge in [0.05, 0.1) is 0 Å². The Bertz CT molecular complexity index is 316. The van der Waals surface area contributed by atoms with E-state index >= 15 is 0 Å². The summed E-state index contributed by atoms with van der Waals surface area (Å²) in [6.07, 6.45) is 4.21. The summed E-state index contributed by atoms with van der Waals surface area (Å²) in [6.45, 7) is 0. The van der Waals surface area contributed by atoms with Crippen molar-refractivity contribution < 1.29 is 0 Å². The van der Waals surface area contributed by atoms with E-state index in [2.05, 4.69) is 9.97 Å². The van der Waals surface area contributed by atoms with E-state index in [9.17, 15) is 0 Å². The summed E-state index contributed by atoms with van der Waals surface area (Å²) in [7, 11) is 0. The topological polar surface area (TPSA) is 25.8 Å². The molecule has 1 aromatic heterocycles. The lowest BCUT2D eigenvalue weighted by Gasteiger charge is -2.04. The Balaban J connectivity index is 2.44. The van der Waals surface area contributed by atoms with Gasteiger partial charge in [-0.1, -0.05) is 35.0 Å². The van der Waals surface area contributed by atoms with Gasteiger partial charge in [0, 0.05) is 5.56 Å². The molecule has 0 unspecified atom stereocenters. The van der Waals surface area contributed by atoms with Gasteiger partial charge in [-0.2, -0.15) is 0 Å². The summed E-state index contributed by atoms with van der Waals surface area (Å²) in [6, 6.07) is 0. The Morgan fingerprint density at radius 2 is 1.77 bits per heavy atom. The molecule has 1 aromatic rings. The van der Waals surface area contributed by atoms with Gasteiger partial charge >= 0.3 is 0 Å². The molecule has 0 atom stereocenters. The van der Waals surface area contributed by atoms with Gasteiger partial charge in [-0.25, -0.2) is 9.97 Å². The van der Waals surface area contributed by atoms with Gasteiger partial charge in [0.25, 0.3) is 0 Å². The smallest absolute Gasteiger partial charge is 0.190 e. The number of aromatic nitrogens is 2. The van der Waals surface area contributed by atoms with Gasteiger partial charge in [-0.3, -0.25) is 0 Å². The number of rotatable bonds is 2. The third kappa shape index (κ3) is 1.92. The molecule has 70 valence electrons. The fourth-order valence-electron chi connectivity index (χ4n) is 1.20. The largest absolute Gasteiger partial charge is 0.210 e. The molecule has 1 fully saturated rings. The molecular formula is C8H8Cl2N2S. The van der Waals surface area contributed by atoms with Crippen LogP contribution in [0, 0.1) is 0 Å². The van der Waals surface area contributed by atoms with Crippen LogP contribution in [-0.2, 0) is 0 Å². The predicted octanol–water partition coefficient (Wildman–Crippen LogP) is 3.38. The van der Waals surface area contributed by atoms with E-state index in [-0.39, 0.29) is 0 Å². The number of thioether (sulfide) groups is 1. The normalized spacial score (nSPS) is 16.2. The number of hydrogen-bond donors (Lipinski definition) is 0. The second-order valence-electron chi connectivity index (χ2n) is 2.98. The van der Waals surface area contributed by atoms with Crippen molar-refractivity contribution in [1.29, 1.82) is 0 Å². The van der Waals surface area contributed by atoms with Crippen LogP contribution in [-0.4, -0.2) is 16.2 Å². The van der Waals surface area contributed by atoms with Gasteiger partial charge in [0.1, 0.15) is 10.3 Å². The van der Waals surface area contributed by atoms with Crippen LogP contribution in [0.15, 0.2) is 5.16 Å². The van der Waals surface area contributed by atoms with E-state index in [1.54, 1.807) is 0 Å². The molecule has 0 bridgehead atoms. The lowest BCUT2D eigenvalue weighted by Crippen LogP contribution is -1.94. The van der Waals surface area contributed by atoms with E-state index in [1.165, 1.54) is 11.8 Å². The molecular weight excluding hydrogens is 227 g/mol. The molecule has 5 heteroatoms. The monoisotopic (exact) mass is 234 g/mol. The first kappa shape index (κ1) is 9.56. The van der Waals surface area contributed by atoms with Crippen molar-refractivity contribution in [2.24, 2.45) is 0 Å². The van der Waals surface area contributed by atoms with Crippen LogP contribution in [0.5, 0.6) is 0 Å². The summed E-state index contributed by atoms with van der Waals surface area (Å²) in [5.74, 6) is 0.496. The fourth-order valence-corrected chi connectivity index (χ4v) is 2.36. The van der Waals surface area contributed by atoms with E-state index in [0.717, 1.165) is 18.4 Å². The SMILES string of the molecule is CSc1nc(Cl)c(C2CC2)c(Cl)n1. The molecule has 0 radical (unpaired) electrons. The molecule has 2 rings (SSSR count). The molecule has 1 saturated carbocycles. The Morgan fingerprint density at radius 3 is 2.15 bits per heavy atom. The summed E-state index contributed by atoms with van der Waals surface area (Å²) < 4.78 is 0. The zero-order chi connectivity index (χ0) is 9.42. The van der Waals surface area contributed by atoms with Crippen LogP contribution in [0.3, 0.4) is 0 Å². The molecule has 0 spiro atoms. The Kier molecular flexibility index (Phi) is 2.67. The van der Waals surface area contributed by atoms with Crippen LogP contribution >= 0.6 is 35.0 Å². The minimum absolute atomic E-state index is 0.496. The van der Waals surface area contributed by atoms with E-state index in [1.807, 2.05) is 6.26 Å². The lowest BCUT2D eigenvalue weighted by atomic mass is 10.2. The van der Waals surface area contributed by atoms with Crippen molar-refractivity contribution in [3.63, 3.8) is 0 Å². The standard InChI is InChI=1S/C8H8Cl2N2S/c1-13-8-11-6(9)5(4-2-3-4)7(10)12-8/h4H,2-3H2,1H3. The van der Waals surface area contributed by atoms with Crippen LogP contribution in [0.4, 0.5) is 0 Å². The summed E-state index contributed by atoms with van der Waals surface area (Å²) in [5.41, 5.74) is 0.932. The predicted molar refractivity (Wildman–Crippen MR) is 55.8 cm³/mol. The third-order valence-electron chi connectivity index (χ3n) is 2.00. The summed E-state index contributed by atoms with van der Waals surface area (Å²) in [4.78, 5) is 8.29. The van der Waals surface area contributed by atoms with E-state index < -0.39 is 0 Å². The first-order chi connectivity index (χ1) is 6.22. The average molecular weight is 235 g/mol. The van der Waals surface area contributed by atoms with Gasteiger partial charge in [-0.15, -0.1) is 0 Å². The minimum Gasteiger partial charge on any atom is -0.210 e. The van der Waals surface area contributed by atoms with Crippen molar-refractivity contribution in [2.75, 3.05) is 6.26 Å². The highest BCUT2D eigenvalue weighted by atomic mass is 35.5. The molecule has 0 aliphatic heterocycles. The van der Waals surface area contributed by atoms with Gasteiger partial charge < -0.3 is 0 Å². The number of nitrogens with zero attached hydrogens (tertiary/aromatic N) is 2. The van der Waals surface area contributed by atoms with Crippen molar-refractivity contribution in [1.82, 2.24) is 9.97 Å². The van der Waals surface area contributed by atoms with E-state index in [0.29, 0.717) is 21.4 Å². The molecule has 1 aliphatic carbocycles. The van der Waals surface area contributed by atoms with Crippen LogP contribution in [0.25, 0.3) is 0 Å². The van der Waals surface area contributed by atoms with Gasteiger partial charge in [-0.05, 0) is 25.0 Å². The maximum Gasteiger partial charge on any atom is 0.190 e. The molecule has 0 N–H and O–H groups in total. The Labute approximate surface area is 91.1 Å². The first-order valence-electron chi connectivity index (χ1n) is 3.99. The van der Waals surface area contributed by atoms with Crippen LogP contribution in [0.2, 0.25) is 10.3 Å². The van der Waals surface area contributed by atoms with Gasteiger partial charge in [0.15, 0.2) is 5.16 Å².